The second-order valence-electron chi connectivity index (χ2n) is 6.54. The summed E-state index contributed by atoms with van der Waals surface area (Å²) in [5.74, 6) is 0.923. The van der Waals surface area contributed by atoms with Gasteiger partial charge in [0.15, 0.2) is 11.5 Å². The normalized spacial score (nSPS) is 15.3. The van der Waals surface area contributed by atoms with E-state index in [1.807, 2.05) is 0 Å². The Morgan fingerprint density at radius 3 is 2.80 bits per heavy atom. The predicted molar refractivity (Wildman–Crippen MR) is 107 cm³/mol. The molecule has 10 nitrogen and oxygen atoms in total. The smallest absolute Gasteiger partial charge is 0.269 e. The second kappa shape index (κ2) is 7.99. The summed E-state index contributed by atoms with van der Waals surface area (Å²) in [4.78, 5) is 26.4. The third-order valence-corrected chi connectivity index (χ3v) is 4.95. The van der Waals surface area contributed by atoms with E-state index in [1.165, 1.54) is 25.6 Å². The fourth-order valence-corrected chi connectivity index (χ4v) is 3.48. The summed E-state index contributed by atoms with van der Waals surface area (Å²) in [6.45, 7) is 0.145. The average molecular weight is 430 g/mol. The maximum absolute atomic E-state index is 12.0. The Balaban J connectivity index is 1.59. The average Bonchev–Trinajstić information content (AvgIpc) is 3.20. The van der Waals surface area contributed by atoms with Crippen molar-refractivity contribution in [3.8, 4) is 11.5 Å². The quantitative estimate of drug-likeness (QED) is 0.471. The lowest BCUT2D eigenvalue weighted by molar-refractivity contribution is -0.384. The van der Waals surface area contributed by atoms with Crippen molar-refractivity contribution in [1.82, 2.24) is 14.8 Å². The number of nitrogens with one attached hydrogen (secondary N) is 1. The second-order valence-corrected chi connectivity index (χ2v) is 6.95. The Hall–Kier alpha value is -3.66. The summed E-state index contributed by atoms with van der Waals surface area (Å²) >= 11 is 6.46. The number of ether oxygens (including phenoxy) is 2. The van der Waals surface area contributed by atoms with Gasteiger partial charge in [-0.1, -0.05) is 11.6 Å². The number of carbonyl (C=O) groups is 1. The van der Waals surface area contributed by atoms with Crippen LogP contribution in [0.4, 0.5) is 11.6 Å². The first-order chi connectivity index (χ1) is 14.5. The minimum absolute atomic E-state index is 0.00251. The molecule has 3 aromatic rings. The van der Waals surface area contributed by atoms with Crippen LogP contribution in [0.5, 0.6) is 11.5 Å². The van der Waals surface area contributed by atoms with E-state index in [0.717, 1.165) is 11.1 Å². The molecule has 0 saturated heterocycles. The van der Waals surface area contributed by atoms with Crippen LogP contribution in [0.15, 0.2) is 42.7 Å². The summed E-state index contributed by atoms with van der Waals surface area (Å²) in [7, 11) is 1.49. The number of fused-ring (bicyclic) bond motifs is 1. The molecule has 0 saturated carbocycles. The van der Waals surface area contributed by atoms with E-state index in [1.54, 1.807) is 28.9 Å². The molecule has 1 N–H and O–H groups in total. The zero-order chi connectivity index (χ0) is 21.3. The minimum atomic E-state index is -0.463. The molecule has 0 unspecified atom stereocenters. The van der Waals surface area contributed by atoms with E-state index in [2.05, 4.69) is 15.4 Å². The highest BCUT2D eigenvalue weighted by Crippen LogP contribution is 2.40. The Bertz CT molecular complexity index is 1120. The number of nitro benzene ring substituents is 1. The molecule has 0 aliphatic carbocycles. The summed E-state index contributed by atoms with van der Waals surface area (Å²) in [5.41, 5.74) is 1.46. The largest absolute Gasteiger partial charge is 0.493 e. The topological polar surface area (TPSA) is 121 Å². The van der Waals surface area contributed by atoms with Gasteiger partial charge < -0.3 is 9.47 Å². The highest BCUT2D eigenvalue weighted by molar-refractivity contribution is 6.32. The summed E-state index contributed by atoms with van der Waals surface area (Å²) in [5, 5.41) is 17.9. The van der Waals surface area contributed by atoms with Crippen LogP contribution in [0.2, 0.25) is 5.02 Å². The molecule has 0 bridgehead atoms. The highest BCUT2D eigenvalue weighted by Gasteiger charge is 2.29. The number of carbonyl (C=O) groups excluding carboxylic acids is 1. The van der Waals surface area contributed by atoms with Gasteiger partial charge >= 0.3 is 0 Å². The summed E-state index contributed by atoms with van der Waals surface area (Å²) < 4.78 is 12.9. The Morgan fingerprint density at radius 2 is 2.10 bits per heavy atom. The molecule has 154 valence electrons. The Morgan fingerprint density at radius 1 is 1.33 bits per heavy atom. The van der Waals surface area contributed by atoms with Gasteiger partial charge in [-0.25, -0.2) is 4.68 Å². The van der Waals surface area contributed by atoms with Crippen molar-refractivity contribution in [2.24, 2.45) is 0 Å². The molecule has 1 amide bonds. The van der Waals surface area contributed by atoms with Crippen LogP contribution in [-0.4, -0.2) is 32.7 Å². The maximum atomic E-state index is 12.0. The van der Waals surface area contributed by atoms with E-state index >= 15 is 0 Å². The van der Waals surface area contributed by atoms with E-state index in [4.69, 9.17) is 21.1 Å². The van der Waals surface area contributed by atoms with Crippen LogP contribution in [0.3, 0.4) is 0 Å². The number of anilines is 1. The van der Waals surface area contributed by atoms with Crippen LogP contribution in [-0.2, 0) is 11.4 Å². The molecule has 2 heterocycles. The van der Waals surface area contributed by atoms with Crippen molar-refractivity contribution < 1.29 is 19.2 Å². The monoisotopic (exact) mass is 429 g/mol. The van der Waals surface area contributed by atoms with E-state index in [9.17, 15) is 14.9 Å². The third kappa shape index (κ3) is 3.77. The number of rotatable bonds is 6. The number of aromatic nitrogens is 3. The molecule has 1 aliphatic rings. The first kappa shape index (κ1) is 19.6. The molecule has 0 radical (unpaired) electrons. The van der Waals surface area contributed by atoms with Gasteiger partial charge in [0.1, 0.15) is 12.9 Å². The van der Waals surface area contributed by atoms with Gasteiger partial charge in [-0.2, -0.15) is 10.1 Å². The molecule has 1 atom stereocenters. The number of methoxy groups -OCH3 is 1. The standard InChI is InChI=1S/C19H16ClN5O5/c1-29-16-7-12(15-8-17(26)23-19-21-10-22-24(15)19)6-14(20)18(16)30-9-11-2-4-13(5-3-11)25(27)28/h2-7,10,15H,8-9H2,1H3,(H,21,22,23,26)/t15-/m1/s1. The number of non-ortho nitro benzene ring substituents is 1. The number of nitro groups is 1. The van der Waals surface area contributed by atoms with Gasteiger partial charge in [-0.05, 0) is 35.4 Å². The molecule has 1 aliphatic heterocycles. The lowest BCUT2D eigenvalue weighted by atomic mass is 10.0. The van der Waals surface area contributed by atoms with Gasteiger partial charge in [0.05, 0.1) is 29.5 Å². The fraction of sp³-hybridized carbons (Fsp3) is 0.211. The van der Waals surface area contributed by atoms with Crippen molar-refractivity contribution in [3.05, 3.63) is 69.0 Å². The van der Waals surface area contributed by atoms with Crippen molar-refractivity contribution >= 4 is 29.1 Å². The molecule has 2 aromatic carbocycles. The van der Waals surface area contributed by atoms with Gasteiger partial charge in [-0.3, -0.25) is 20.2 Å². The van der Waals surface area contributed by atoms with E-state index < -0.39 is 4.92 Å². The highest BCUT2D eigenvalue weighted by atomic mass is 35.5. The molecule has 11 heteroatoms. The molecule has 0 fully saturated rings. The number of amides is 1. The molecule has 30 heavy (non-hydrogen) atoms. The first-order valence-corrected chi connectivity index (χ1v) is 9.27. The molecule has 4 rings (SSSR count). The summed E-state index contributed by atoms with van der Waals surface area (Å²) in [6, 6.07) is 9.09. The number of nitrogens with zero attached hydrogens (tertiary/aromatic N) is 4. The maximum Gasteiger partial charge on any atom is 0.269 e. The van der Waals surface area contributed by atoms with Crippen LogP contribution in [0.1, 0.15) is 23.6 Å². The zero-order valence-electron chi connectivity index (χ0n) is 15.7. The van der Waals surface area contributed by atoms with Crippen molar-refractivity contribution in [2.45, 2.75) is 19.1 Å². The predicted octanol–water partition coefficient (Wildman–Crippen LogP) is 3.36. The molecule has 1 aromatic heterocycles. The van der Waals surface area contributed by atoms with Crippen LogP contribution in [0.25, 0.3) is 0 Å². The Labute approximate surface area is 175 Å². The number of halogens is 1. The van der Waals surface area contributed by atoms with Gasteiger partial charge in [0.25, 0.3) is 5.69 Å². The van der Waals surface area contributed by atoms with Crippen LogP contribution >= 0.6 is 11.6 Å². The van der Waals surface area contributed by atoms with Crippen molar-refractivity contribution in [1.29, 1.82) is 0 Å². The zero-order valence-corrected chi connectivity index (χ0v) is 16.5. The van der Waals surface area contributed by atoms with Gasteiger partial charge in [-0.15, -0.1) is 0 Å². The molecular formula is C19H16ClN5O5. The number of hydrogen-bond acceptors (Lipinski definition) is 7. The molecule has 0 spiro atoms. The van der Waals surface area contributed by atoms with Gasteiger partial charge in [0, 0.05) is 12.1 Å². The number of benzene rings is 2. The fourth-order valence-electron chi connectivity index (χ4n) is 3.21. The SMILES string of the molecule is COc1cc([C@H]2CC(=O)Nc3ncnn32)cc(Cl)c1OCc1ccc([N+](=O)[O-])cc1. The van der Waals surface area contributed by atoms with Crippen molar-refractivity contribution in [2.75, 3.05) is 12.4 Å². The molecular weight excluding hydrogens is 414 g/mol. The van der Waals surface area contributed by atoms with Crippen LogP contribution < -0.4 is 14.8 Å². The third-order valence-electron chi connectivity index (χ3n) is 4.67. The van der Waals surface area contributed by atoms with Crippen molar-refractivity contribution in [3.63, 3.8) is 0 Å². The lowest BCUT2D eigenvalue weighted by Crippen LogP contribution is -2.29. The van der Waals surface area contributed by atoms with Crippen LogP contribution in [0, 0.1) is 10.1 Å². The van der Waals surface area contributed by atoms with Gasteiger partial charge in [0.2, 0.25) is 11.9 Å². The minimum Gasteiger partial charge on any atom is -0.493 e. The van der Waals surface area contributed by atoms with E-state index in [-0.39, 0.29) is 30.7 Å². The first-order valence-electron chi connectivity index (χ1n) is 8.89. The Kier molecular flexibility index (Phi) is 5.23. The lowest BCUT2D eigenvalue weighted by Gasteiger charge is -2.24. The summed E-state index contributed by atoms with van der Waals surface area (Å²) in [6.07, 6.45) is 1.55. The number of hydrogen-bond donors (Lipinski definition) is 1. The van der Waals surface area contributed by atoms with E-state index in [0.29, 0.717) is 22.5 Å².